The molecule has 0 saturated carbocycles. The van der Waals surface area contributed by atoms with Crippen molar-refractivity contribution in [3.8, 4) is 11.3 Å². The van der Waals surface area contributed by atoms with Crippen molar-refractivity contribution in [1.82, 2.24) is 10.3 Å². The molecule has 0 unspecified atom stereocenters. The topological polar surface area (TPSA) is 114 Å². The van der Waals surface area contributed by atoms with E-state index in [0.29, 0.717) is 40.9 Å². The van der Waals surface area contributed by atoms with E-state index in [1.165, 1.54) is 0 Å². The number of aryl methyl sites for hydroxylation is 3. The SMILES string of the molecule is Cc1cc(C)c2nc(-c3ccccc3C)cc(C(=O)Nc3ccc(C(=O)NC(=O)C4=C(N)CCCC4)cc3)c2c1. The van der Waals surface area contributed by atoms with Gasteiger partial charge in [0.15, 0.2) is 0 Å². The average molecular weight is 533 g/mol. The molecule has 7 nitrogen and oxygen atoms in total. The van der Waals surface area contributed by atoms with Crippen LogP contribution in [-0.4, -0.2) is 22.7 Å². The second-order valence-electron chi connectivity index (χ2n) is 10.4. The minimum Gasteiger partial charge on any atom is -0.402 e. The van der Waals surface area contributed by atoms with Crippen molar-refractivity contribution in [1.29, 1.82) is 0 Å². The zero-order valence-corrected chi connectivity index (χ0v) is 22.9. The van der Waals surface area contributed by atoms with Gasteiger partial charge in [0.2, 0.25) is 0 Å². The van der Waals surface area contributed by atoms with Crippen molar-refractivity contribution in [2.75, 3.05) is 5.32 Å². The first-order valence-electron chi connectivity index (χ1n) is 13.4. The Bertz CT molecular complexity index is 1690. The van der Waals surface area contributed by atoms with Crippen LogP contribution in [0.2, 0.25) is 0 Å². The van der Waals surface area contributed by atoms with Crippen molar-refractivity contribution in [3.63, 3.8) is 0 Å². The van der Waals surface area contributed by atoms with Gasteiger partial charge in [0.05, 0.1) is 16.8 Å². The number of imide groups is 1. The van der Waals surface area contributed by atoms with Gasteiger partial charge in [-0.25, -0.2) is 4.98 Å². The number of nitrogens with zero attached hydrogens (tertiary/aromatic N) is 1. The van der Waals surface area contributed by atoms with Crippen LogP contribution in [0, 0.1) is 20.8 Å². The third-order valence-corrected chi connectivity index (χ3v) is 7.33. The Kier molecular flexibility index (Phi) is 7.47. The number of benzene rings is 3. The summed E-state index contributed by atoms with van der Waals surface area (Å²) in [6, 6.07) is 20.3. The third kappa shape index (κ3) is 5.50. The molecule has 1 aliphatic rings. The summed E-state index contributed by atoms with van der Waals surface area (Å²) in [4.78, 5) is 43.8. The molecule has 3 amide bonds. The van der Waals surface area contributed by atoms with Crippen LogP contribution in [0.1, 0.15) is 63.1 Å². The van der Waals surface area contributed by atoms with E-state index in [1.54, 1.807) is 24.3 Å². The van der Waals surface area contributed by atoms with Gasteiger partial charge in [-0.15, -0.1) is 0 Å². The maximum atomic E-state index is 13.6. The molecular formula is C33H32N4O3. The number of aromatic nitrogens is 1. The number of carbonyl (C=O) groups excluding carboxylic acids is 3. The van der Waals surface area contributed by atoms with Crippen molar-refractivity contribution in [2.24, 2.45) is 5.73 Å². The van der Waals surface area contributed by atoms with Gasteiger partial charge >= 0.3 is 0 Å². The summed E-state index contributed by atoms with van der Waals surface area (Å²) in [5.74, 6) is -1.23. The summed E-state index contributed by atoms with van der Waals surface area (Å²) in [5, 5.41) is 6.16. The van der Waals surface area contributed by atoms with Crippen LogP contribution in [0.15, 0.2) is 78.0 Å². The lowest BCUT2D eigenvalue weighted by atomic mass is 9.96. The number of fused-ring (bicyclic) bond motifs is 1. The van der Waals surface area contributed by atoms with E-state index >= 15 is 0 Å². The Hall–Kier alpha value is -4.78. The van der Waals surface area contributed by atoms with E-state index in [4.69, 9.17) is 10.7 Å². The maximum absolute atomic E-state index is 13.6. The predicted octanol–water partition coefficient (Wildman–Crippen LogP) is 6.12. The quantitative estimate of drug-likeness (QED) is 0.268. The number of hydrogen-bond acceptors (Lipinski definition) is 5. The number of pyridine rings is 1. The fourth-order valence-corrected chi connectivity index (χ4v) is 5.21. The Morgan fingerprint density at radius 2 is 1.52 bits per heavy atom. The van der Waals surface area contributed by atoms with Crippen LogP contribution in [0.4, 0.5) is 5.69 Å². The smallest absolute Gasteiger partial charge is 0.258 e. The van der Waals surface area contributed by atoms with Crippen molar-refractivity contribution >= 4 is 34.3 Å². The molecule has 1 aliphatic carbocycles. The summed E-state index contributed by atoms with van der Waals surface area (Å²) in [5.41, 5.74) is 13.9. The van der Waals surface area contributed by atoms with E-state index in [9.17, 15) is 14.4 Å². The van der Waals surface area contributed by atoms with Gasteiger partial charge in [-0.1, -0.05) is 35.9 Å². The second-order valence-corrected chi connectivity index (χ2v) is 10.4. The number of nitrogens with two attached hydrogens (primary N) is 1. The third-order valence-electron chi connectivity index (χ3n) is 7.33. The Morgan fingerprint density at radius 1 is 0.800 bits per heavy atom. The molecular weight excluding hydrogens is 500 g/mol. The van der Waals surface area contributed by atoms with Gasteiger partial charge in [0, 0.05) is 33.5 Å². The lowest BCUT2D eigenvalue weighted by Gasteiger charge is -2.16. The molecule has 7 heteroatoms. The molecule has 0 aliphatic heterocycles. The first kappa shape index (κ1) is 26.8. The Labute approximate surface area is 233 Å². The van der Waals surface area contributed by atoms with E-state index in [1.807, 2.05) is 57.2 Å². The molecule has 5 rings (SSSR count). The van der Waals surface area contributed by atoms with Crippen LogP contribution in [0.5, 0.6) is 0 Å². The maximum Gasteiger partial charge on any atom is 0.258 e. The van der Waals surface area contributed by atoms with E-state index < -0.39 is 11.8 Å². The predicted molar refractivity (Wildman–Crippen MR) is 158 cm³/mol. The van der Waals surface area contributed by atoms with E-state index in [2.05, 4.69) is 16.7 Å². The molecule has 3 aromatic carbocycles. The lowest BCUT2D eigenvalue weighted by molar-refractivity contribution is -0.116. The average Bonchev–Trinajstić information content (AvgIpc) is 2.93. The normalized spacial score (nSPS) is 13.3. The monoisotopic (exact) mass is 532 g/mol. The largest absolute Gasteiger partial charge is 0.402 e. The van der Waals surface area contributed by atoms with Gasteiger partial charge in [0.25, 0.3) is 17.7 Å². The molecule has 0 fully saturated rings. The summed E-state index contributed by atoms with van der Waals surface area (Å²) < 4.78 is 0. The highest BCUT2D eigenvalue weighted by Gasteiger charge is 2.20. The molecule has 0 saturated heterocycles. The van der Waals surface area contributed by atoms with Crippen LogP contribution < -0.4 is 16.4 Å². The number of anilines is 1. The summed E-state index contributed by atoms with van der Waals surface area (Å²) >= 11 is 0. The van der Waals surface area contributed by atoms with E-state index in [0.717, 1.165) is 51.7 Å². The van der Waals surface area contributed by atoms with Gasteiger partial charge in [-0.3, -0.25) is 19.7 Å². The number of rotatable bonds is 5. The Morgan fingerprint density at radius 3 is 2.25 bits per heavy atom. The summed E-state index contributed by atoms with van der Waals surface area (Å²) in [6.45, 7) is 6.02. The zero-order chi connectivity index (χ0) is 28.4. The molecule has 0 spiro atoms. The molecule has 0 radical (unpaired) electrons. The molecule has 0 atom stereocenters. The van der Waals surface area contributed by atoms with Crippen LogP contribution in [0.3, 0.4) is 0 Å². The number of amides is 3. The zero-order valence-electron chi connectivity index (χ0n) is 22.9. The number of carbonyl (C=O) groups is 3. The highest BCUT2D eigenvalue weighted by atomic mass is 16.2. The minimum atomic E-state index is -0.511. The van der Waals surface area contributed by atoms with Crippen molar-refractivity contribution in [3.05, 3.63) is 106 Å². The number of allylic oxidation sites excluding steroid dienone is 1. The molecule has 4 N–H and O–H groups in total. The lowest BCUT2D eigenvalue weighted by Crippen LogP contribution is -2.33. The number of hydrogen-bond donors (Lipinski definition) is 3. The Balaban J connectivity index is 1.40. The molecule has 4 aromatic rings. The molecule has 40 heavy (non-hydrogen) atoms. The highest BCUT2D eigenvalue weighted by molar-refractivity contribution is 6.14. The van der Waals surface area contributed by atoms with Gasteiger partial charge in [-0.05, 0) is 94.0 Å². The first-order valence-corrected chi connectivity index (χ1v) is 13.4. The van der Waals surface area contributed by atoms with Crippen molar-refractivity contribution in [2.45, 2.75) is 46.5 Å². The van der Waals surface area contributed by atoms with Gasteiger partial charge in [-0.2, -0.15) is 0 Å². The molecule has 1 heterocycles. The van der Waals surface area contributed by atoms with E-state index in [-0.39, 0.29) is 5.91 Å². The van der Waals surface area contributed by atoms with Gasteiger partial charge in [0.1, 0.15) is 0 Å². The highest BCUT2D eigenvalue weighted by Crippen LogP contribution is 2.30. The van der Waals surface area contributed by atoms with Crippen molar-refractivity contribution < 1.29 is 14.4 Å². The fraction of sp³-hybridized carbons (Fsp3) is 0.212. The fourth-order valence-electron chi connectivity index (χ4n) is 5.21. The molecule has 0 bridgehead atoms. The molecule has 1 aromatic heterocycles. The van der Waals surface area contributed by atoms with Gasteiger partial charge < -0.3 is 11.1 Å². The van der Waals surface area contributed by atoms with Crippen LogP contribution in [0.25, 0.3) is 22.2 Å². The summed E-state index contributed by atoms with van der Waals surface area (Å²) in [7, 11) is 0. The molecule has 202 valence electrons. The standard InChI is InChI=1S/C33H32N4O3/c1-19-16-21(3)30-26(17-19)27(18-29(36-30)24-9-5-4-8-20(24)2)33(40)35-23-14-12-22(13-15-23)31(38)37-32(39)25-10-6-7-11-28(25)34/h4-5,8-9,12-18H,6-7,10-11,34H2,1-3H3,(H,35,40)(H,37,38,39). The first-order chi connectivity index (χ1) is 19.2. The second kappa shape index (κ2) is 11.1. The van der Waals surface area contributed by atoms with Crippen LogP contribution in [-0.2, 0) is 4.79 Å². The minimum absolute atomic E-state index is 0.278. The van der Waals surface area contributed by atoms with Crippen LogP contribution >= 0.6 is 0 Å². The number of nitrogens with one attached hydrogen (secondary N) is 2. The summed E-state index contributed by atoms with van der Waals surface area (Å²) in [6.07, 6.45) is 3.07.